The van der Waals surface area contributed by atoms with Crippen LogP contribution in [0.2, 0.25) is 0 Å². The third-order valence-electron chi connectivity index (χ3n) is 5.30. The number of benzene rings is 2. The summed E-state index contributed by atoms with van der Waals surface area (Å²) in [5.41, 5.74) is 1.80. The average Bonchev–Trinajstić information content (AvgIpc) is 3.40. The van der Waals surface area contributed by atoms with Crippen molar-refractivity contribution in [1.82, 2.24) is 15.0 Å². The largest absolute Gasteiger partial charge is 0.493 e. The Morgan fingerprint density at radius 1 is 1.03 bits per heavy atom. The van der Waals surface area contributed by atoms with Crippen LogP contribution >= 0.6 is 0 Å². The number of aliphatic hydroxyl groups is 1. The molecule has 30 heavy (non-hydrogen) atoms. The molecule has 0 aliphatic carbocycles. The molecule has 8 heteroatoms. The van der Waals surface area contributed by atoms with Gasteiger partial charge in [-0.2, -0.15) is 4.98 Å². The van der Waals surface area contributed by atoms with E-state index in [2.05, 4.69) is 15.0 Å². The van der Waals surface area contributed by atoms with Crippen molar-refractivity contribution >= 4 is 0 Å². The van der Waals surface area contributed by atoms with Crippen molar-refractivity contribution in [2.24, 2.45) is 0 Å². The first-order chi connectivity index (χ1) is 14.6. The van der Waals surface area contributed by atoms with E-state index in [4.69, 9.17) is 18.7 Å². The van der Waals surface area contributed by atoms with E-state index >= 15 is 0 Å². The molecule has 0 bridgehead atoms. The fourth-order valence-electron chi connectivity index (χ4n) is 3.89. The second-order valence-electron chi connectivity index (χ2n) is 7.15. The van der Waals surface area contributed by atoms with Crippen LogP contribution in [0.5, 0.6) is 17.2 Å². The van der Waals surface area contributed by atoms with Crippen LogP contribution in [0, 0.1) is 0 Å². The lowest BCUT2D eigenvalue weighted by Crippen LogP contribution is -2.25. The van der Waals surface area contributed by atoms with Crippen LogP contribution in [0.4, 0.5) is 0 Å². The van der Waals surface area contributed by atoms with Crippen LogP contribution in [0.1, 0.15) is 23.9 Å². The lowest BCUT2D eigenvalue weighted by atomic mass is 10.1. The molecule has 8 nitrogen and oxygen atoms in total. The highest BCUT2D eigenvalue weighted by atomic mass is 16.5. The van der Waals surface area contributed by atoms with Crippen LogP contribution in [0.25, 0.3) is 11.4 Å². The van der Waals surface area contributed by atoms with Gasteiger partial charge in [0.05, 0.1) is 33.5 Å². The number of likely N-dealkylation sites (tertiary alicyclic amines) is 1. The first-order valence-electron chi connectivity index (χ1n) is 9.73. The Morgan fingerprint density at radius 3 is 2.50 bits per heavy atom. The molecule has 1 N–H and O–H groups in total. The molecular formula is C22H25N3O5. The van der Waals surface area contributed by atoms with Gasteiger partial charge in [0, 0.05) is 24.2 Å². The van der Waals surface area contributed by atoms with Gasteiger partial charge in [0.25, 0.3) is 0 Å². The number of hydrogen-bond donors (Lipinski definition) is 1. The summed E-state index contributed by atoms with van der Waals surface area (Å²) in [5, 5.41) is 14.5. The minimum atomic E-state index is -0.479. The van der Waals surface area contributed by atoms with Gasteiger partial charge in [0.15, 0.2) is 11.5 Å². The van der Waals surface area contributed by atoms with E-state index in [-0.39, 0.29) is 6.04 Å². The summed E-state index contributed by atoms with van der Waals surface area (Å²) in [6, 6.07) is 13.3. The van der Waals surface area contributed by atoms with Gasteiger partial charge in [0.2, 0.25) is 17.5 Å². The van der Waals surface area contributed by atoms with Gasteiger partial charge in [-0.05, 0) is 12.5 Å². The summed E-state index contributed by atoms with van der Waals surface area (Å²) >= 11 is 0. The fourth-order valence-corrected chi connectivity index (χ4v) is 3.89. The molecule has 0 unspecified atom stereocenters. The van der Waals surface area contributed by atoms with Crippen molar-refractivity contribution in [3.05, 3.63) is 53.9 Å². The summed E-state index contributed by atoms with van der Waals surface area (Å²) < 4.78 is 22.0. The van der Waals surface area contributed by atoms with Crippen LogP contribution in [0.3, 0.4) is 0 Å². The second kappa shape index (κ2) is 8.73. The second-order valence-corrected chi connectivity index (χ2v) is 7.15. The van der Waals surface area contributed by atoms with Crippen molar-refractivity contribution in [2.75, 3.05) is 27.9 Å². The maximum atomic E-state index is 10.3. The zero-order chi connectivity index (χ0) is 21.1. The maximum absolute atomic E-state index is 10.3. The lowest BCUT2D eigenvalue weighted by molar-refractivity contribution is 0.168. The highest BCUT2D eigenvalue weighted by Crippen LogP contribution is 2.42. The molecule has 1 aliphatic rings. The van der Waals surface area contributed by atoms with Crippen molar-refractivity contribution < 1.29 is 23.8 Å². The molecule has 1 aromatic heterocycles. The molecule has 4 rings (SSSR count). The quantitative estimate of drug-likeness (QED) is 0.634. The third kappa shape index (κ3) is 3.83. The number of β-amino-alcohol motifs (C(OH)–C–C–N with tert-alkyl or cyclic N) is 1. The van der Waals surface area contributed by atoms with Gasteiger partial charge in [-0.15, -0.1) is 0 Å². The molecule has 2 heterocycles. The van der Waals surface area contributed by atoms with Crippen LogP contribution < -0.4 is 14.2 Å². The Bertz CT molecular complexity index is 992. The summed E-state index contributed by atoms with van der Waals surface area (Å²) in [4.78, 5) is 6.69. The van der Waals surface area contributed by atoms with Crippen molar-refractivity contribution in [2.45, 2.75) is 25.1 Å². The zero-order valence-electron chi connectivity index (χ0n) is 17.2. The Kier molecular flexibility index (Phi) is 5.87. The minimum absolute atomic E-state index is 0.192. The molecule has 1 fully saturated rings. The molecule has 0 spiro atoms. The molecule has 2 aromatic carbocycles. The molecule has 1 saturated heterocycles. The monoisotopic (exact) mass is 411 g/mol. The number of aromatic nitrogens is 2. The highest BCUT2D eigenvalue weighted by Gasteiger charge is 2.36. The molecular weight excluding hydrogens is 386 g/mol. The molecule has 0 saturated carbocycles. The number of hydrogen-bond acceptors (Lipinski definition) is 8. The normalized spacial score (nSPS) is 19.1. The number of ether oxygens (including phenoxy) is 3. The van der Waals surface area contributed by atoms with Gasteiger partial charge in [-0.25, -0.2) is 0 Å². The third-order valence-corrected chi connectivity index (χ3v) is 5.30. The Morgan fingerprint density at radius 2 is 1.80 bits per heavy atom. The van der Waals surface area contributed by atoms with E-state index < -0.39 is 6.10 Å². The summed E-state index contributed by atoms with van der Waals surface area (Å²) in [6.45, 7) is 1.01. The van der Waals surface area contributed by atoms with E-state index in [1.54, 1.807) is 21.3 Å². The molecule has 0 radical (unpaired) electrons. The predicted molar refractivity (Wildman–Crippen MR) is 110 cm³/mol. The topological polar surface area (TPSA) is 90.1 Å². The van der Waals surface area contributed by atoms with Gasteiger partial charge >= 0.3 is 0 Å². The van der Waals surface area contributed by atoms with E-state index in [0.717, 1.165) is 11.1 Å². The van der Waals surface area contributed by atoms with Crippen LogP contribution in [-0.4, -0.2) is 54.1 Å². The fraction of sp³-hybridized carbons (Fsp3) is 0.364. The minimum Gasteiger partial charge on any atom is -0.493 e. The average molecular weight is 411 g/mol. The van der Waals surface area contributed by atoms with Gasteiger partial charge in [0.1, 0.15) is 0 Å². The van der Waals surface area contributed by atoms with E-state index in [0.29, 0.717) is 48.5 Å². The van der Waals surface area contributed by atoms with Crippen molar-refractivity contribution in [1.29, 1.82) is 0 Å². The molecule has 2 atom stereocenters. The first kappa shape index (κ1) is 20.2. The number of methoxy groups -OCH3 is 3. The smallest absolute Gasteiger partial charge is 0.244 e. The summed E-state index contributed by atoms with van der Waals surface area (Å²) in [5.74, 6) is 2.77. The predicted octanol–water partition coefficient (Wildman–Crippen LogP) is 3.07. The Balaban J connectivity index is 1.61. The van der Waals surface area contributed by atoms with Gasteiger partial charge in [-0.1, -0.05) is 41.6 Å². The number of nitrogens with zero attached hydrogens (tertiary/aromatic N) is 3. The van der Waals surface area contributed by atoms with Crippen LogP contribution in [0.15, 0.2) is 47.0 Å². The number of rotatable bonds is 7. The maximum Gasteiger partial charge on any atom is 0.244 e. The molecule has 158 valence electrons. The lowest BCUT2D eigenvalue weighted by Gasteiger charge is -2.23. The Labute approximate surface area is 175 Å². The number of aliphatic hydroxyl groups excluding tert-OH is 1. The molecule has 1 aliphatic heterocycles. The molecule has 3 aromatic rings. The zero-order valence-corrected chi connectivity index (χ0v) is 17.2. The van der Waals surface area contributed by atoms with Crippen molar-refractivity contribution in [3.63, 3.8) is 0 Å². The van der Waals surface area contributed by atoms with Crippen molar-refractivity contribution in [3.8, 4) is 28.6 Å². The summed E-state index contributed by atoms with van der Waals surface area (Å²) in [6.07, 6.45) is 0.0414. The van der Waals surface area contributed by atoms with Crippen LogP contribution in [-0.2, 0) is 6.54 Å². The summed E-state index contributed by atoms with van der Waals surface area (Å²) in [7, 11) is 4.76. The van der Waals surface area contributed by atoms with E-state index in [9.17, 15) is 5.11 Å². The van der Waals surface area contributed by atoms with E-state index in [1.165, 1.54) is 0 Å². The molecule has 0 amide bonds. The first-order valence-corrected chi connectivity index (χ1v) is 9.73. The van der Waals surface area contributed by atoms with E-state index in [1.807, 2.05) is 42.5 Å². The standard InChI is InChI=1S/C22H25N3O5/c1-27-18-10-9-15(19(28-2)20(18)29-3)12-25-13-16(26)11-17(25)22-23-21(24-30-22)14-7-5-4-6-8-14/h4-10,16-17,26H,11-13H2,1-3H3/t16-,17+/m1/s1. The SMILES string of the molecule is COc1ccc(CN2C[C@H](O)C[C@H]2c2nc(-c3ccccc3)no2)c(OC)c1OC. The Hall–Kier alpha value is -3.10. The highest BCUT2D eigenvalue weighted by molar-refractivity contribution is 5.56. The van der Waals surface area contributed by atoms with Gasteiger partial charge in [-0.3, -0.25) is 4.90 Å². The van der Waals surface area contributed by atoms with Gasteiger partial charge < -0.3 is 23.8 Å².